The summed E-state index contributed by atoms with van der Waals surface area (Å²) in [6.45, 7) is 6.92. The minimum Gasteiger partial charge on any atom is -0.381 e. The van der Waals surface area contributed by atoms with Crippen LogP contribution in [-0.2, 0) is 4.74 Å². The van der Waals surface area contributed by atoms with Gasteiger partial charge in [0.1, 0.15) is 0 Å². The number of hydrogen-bond acceptors (Lipinski definition) is 3. The van der Waals surface area contributed by atoms with E-state index in [4.69, 9.17) is 4.74 Å². The van der Waals surface area contributed by atoms with Crippen molar-refractivity contribution < 1.29 is 4.74 Å². The van der Waals surface area contributed by atoms with E-state index >= 15 is 0 Å². The first-order valence-corrected chi connectivity index (χ1v) is 5.73. The summed E-state index contributed by atoms with van der Waals surface area (Å²) >= 11 is 0. The molecule has 2 fully saturated rings. The zero-order chi connectivity index (χ0) is 10.1. The average molecular weight is 198 g/mol. The zero-order valence-electron chi connectivity index (χ0n) is 9.49. The minimum atomic E-state index is 0.522. The molecular formula is C11H22N2O. The predicted octanol–water partition coefficient (Wildman–Crippen LogP) is 0.846. The minimum absolute atomic E-state index is 0.522. The molecule has 0 aromatic carbocycles. The Labute approximate surface area is 86.8 Å². The van der Waals surface area contributed by atoms with Crippen molar-refractivity contribution in [2.24, 2.45) is 0 Å². The SMILES string of the molecule is CO[C@H]1C[C@H](N2[C@H](C)CNC[C@@H]2C)C1. The summed E-state index contributed by atoms with van der Waals surface area (Å²) in [4.78, 5) is 2.67. The molecule has 1 aliphatic carbocycles. The van der Waals surface area contributed by atoms with Crippen LogP contribution >= 0.6 is 0 Å². The summed E-state index contributed by atoms with van der Waals surface area (Å²) in [5.74, 6) is 0. The van der Waals surface area contributed by atoms with Gasteiger partial charge in [-0.15, -0.1) is 0 Å². The second-order valence-corrected chi connectivity index (χ2v) is 4.79. The lowest BCUT2D eigenvalue weighted by atomic mass is 9.85. The molecule has 1 heterocycles. The van der Waals surface area contributed by atoms with Crippen molar-refractivity contribution in [1.29, 1.82) is 0 Å². The molecule has 0 radical (unpaired) electrons. The van der Waals surface area contributed by atoms with Gasteiger partial charge >= 0.3 is 0 Å². The van der Waals surface area contributed by atoms with Crippen molar-refractivity contribution >= 4 is 0 Å². The molecule has 3 nitrogen and oxygen atoms in total. The third kappa shape index (κ3) is 1.81. The average Bonchev–Trinajstić information content (AvgIpc) is 2.08. The van der Waals surface area contributed by atoms with E-state index in [1.54, 1.807) is 0 Å². The molecule has 2 rings (SSSR count). The number of piperazine rings is 1. The molecule has 1 aliphatic heterocycles. The molecule has 1 saturated carbocycles. The van der Waals surface area contributed by atoms with Gasteiger partial charge in [0, 0.05) is 38.3 Å². The second-order valence-electron chi connectivity index (χ2n) is 4.79. The van der Waals surface area contributed by atoms with Gasteiger partial charge in [-0.3, -0.25) is 4.90 Å². The van der Waals surface area contributed by atoms with Crippen LogP contribution in [0.3, 0.4) is 0 Å². The Morgan fingerprint density at radius 1 is 1.14 bits per heavy atom. The molecular weight excluding hydrogens is 176 g/mol. The van der Waals surface area contributed by atoms with Crippen molar-refractivity contribution in [3.05, 3.63) is 0 Å². The van der Waals surface area contributed by atoms with Crippen molar-refractivity contribution in [1.82, 2.24) is 10.2 Å². The van der Waals surface area contributed by atoms with Gasteiger partial charge in [0.2, 0.25) is 0 Å². The van der Waals surface area contributed by atoms with Crippen LogP contribution in [0.2, 0.25) is 0 Å². The Bertz CT molecular complexity index is 182. The van der Waals surface area contributed by atoms with Gasteiger partial charge in [-0.25, -0.2) is 0 Å². The first-order chi connectivity index (χ1) is 6.72. The van der Waals surface area contributed by atoms with Crippen molar-refractivity contribution in [2.45, 2.75) is 50.9 Å². The predicted molar refractivity (Wildman–Crippen MR) is 57.5 cm³/mol. The van der Waals surface area contributed by atoms with Crippen LogP contribution in [0.5, 0.6) is 0 Å². The number of methoxy groups -OCH3 is 1. The third-order valence-corrected chi connectivity index (χ3v) is 3.72. The van der Waals surface area contributed by atoms with Crippen LogP contribution < -0.4 is 5.32 Å². The van der Waals surface area contributed by atoms with E-state index in [2.05, 4.69) is 24.1 Å². The molecule has 0 amide bonds. The van der Waals surface area contributed by atoms with E-state index in [9.17, 15) is 0 Å². The van der Waals surface area contributed by atoms with Crippen molar-refractivity contribution in [3.8, 4) is 0 Å². The molecule has 1 saturated heterocycles. The zero-order valence-corrected chi connectivity index (χ0v) is 9.49. The van der Waals surface area contributed by atoms with Crippen molar-refractivity contribution in [3.63, 3.8) is 0 Å². The molecule has 3 heteroatoms. The van der Waals surface area contributed by atoms with Crippen LogP contribution in [0.1, 0.15) is 26.7 Å². The van der Waals surface area contributed by atoms with Crippen LogP contribution in [-0.4, -0.2) is 49.3 Å². The van der Waals surface area contributed by atoms with Gasteiger partial charge in [-0.2, -0.15) is 0 Å². The Morgan fingerprint density at radius 2 is 1.71 bits per heavy atom. The molecule has 0 aromatic heterocycles. The number of nitrogens with one attached hydrogen (secondary N) is 1. The third-order valence-electron chi connectivity index (χ3n) is 3.72. The van der Waals surface area contributed by atoms with E-state index in [-0.39, 0.29) is 0 Å². The standard InChI is InChI=1S/C11H22N2O/c1-8-6-12-7-9(2)13(8)10-4-11(5-10)14-3/h8-12H,4-7H2,1-3H3/t8-,9+,10-,11-. The van der Waals surface area contributed by atoms with E-state index in [1.165, 1.54) is 12.8 Å². The van der Waals surface area contributed by atoms with Crippen molar-refractivity contribution in [2.75, 3.05) is 20.2 Å². The smallest absolute Gasteiger partial charge is 0.0601 e. The fourth-order valence-electron chi connectivity index (χ4n) is 2.84. The molecule has 0 bridgehead atoms. The summed E-state index contributed by atoms with van der Waals surface area (Å²) < 4.78 is 5.34. The highest BCUT2D eigenvalue weighted by Crippen LogP contribution is 2.31. The highest BCUT2D eigenvalue weighted by atomic mass is 16.5. The molecule has 0 unspecified atom stereocenters. The highest BCUT2D eigenvalue weighted by molar-refractivity contribution is 4.95. The normalized spacial score (nSPS) is 44.8. The fourth-order valence-corrected chi connectivity index (χ4v) is 2.84. The van der Waals surface area contributed by atoms with E-state index < -0.39 is 0 Å². The number of hydrogen-bond donors (Lipinski definition) is 1. The van der Waals surface area contributed by atoms with Gasteiger partial charge in [-0.1, -0.05) is 0 Å². The number of nitrogens with zero attached hydrogens (tertiary/aromatic N) is 1. The van der Waals surface area contributed by atoms with Gasteiger partial charge in [0.25, 0.3) is 0 Å². The monoisotopic (exact) mass is 198 g/mol. The van der Waals surface area contributed by atoms with E-state index in [1.807, 2.05) is 7.11 Å². The van der Waals surface area contributed by atoms with E-state index in [0.29, 0.717) is 18.2 Å². The molecule has 14 heavy (non-hydrogen) atoms. The maximum absolute atomic E-state index is 5.34. The maximum atomic E-state index is 5.34. The molecule has 2 atom stereocenters. The Hall–Kier alpha value is -0.120. The van der Waals surface area contributed by atoms with Gasteiger partial charge < -0.3 is 10.1 Å². The quantitative estimate of drug-likeness (QED) is 0.712. The summed E-state index contributed by atoms with van der Waals surface area (Å²) in [6.07, 6.45) is 2.98. The lowest BCUT2D eigenvalue weighted by Gasteiger charge is -2.50. The topological polar surface area (TPSA) is 24.5 Å². The van der Waals surface area contributed by atoms with Crippen LogP contribution in [0.4, 0.5) is 0 Å². The molecule has 82 valence electrons. The summed E-state index contributed by atoms with van der Waals surface area (Å²) in [6, 6.07) is 2.13. The summed E-state index contributed by atoms with van der Waals surface area (Å²) in [5, 5.41) is 3.47. The largest absolute Gasteiger partial charge is 0.381 e. The first kappa shape index (κ1) is 10.4. The molecule has 2 aliphatic rings. The molecule has 0 spiro atoms. The van der Waals surface area contributed by atoms with Gasteiger partial charge in [-0.05, 0) is 26.7 Å². The lowest BCUT2D eigenvalue weighted by Crippen LogP contribution is -2.62. The Kier molecular flexibility index (Phi) is 3.10. The number of ether oxygens (including phenoxy) is 1. The summed E-state index contributed by atoms with van der Waals surface area (Å²) in [7, 11) is 1.82. The second kappa shape index (κ2) is 4.17. The highest BCUT2D eigenvalue weighted by Gasteiger charge is 2.39. The lowest BCUT2D eigenvalue weighted by molar-refractivity contribution is -0.0593. The van der Waals surface area contributed by atoms with E-state index in [0.717, 1.165) is 19.1 Å². The van der Waals surface area contributed by atoms with Crippen LogP contribution in [0.15, 0.2) is 0 Å². The fraction of sp³-hybridized carbons (Fsp3) is 1.00. The number of rotatable bonds is 2. The van der Waals surface area contributed by atoms with Gasteiger partial charge in [0.05, 0.1) is 6.10 Å². The van der Waals surface area contributed by atoms with Gasteiger partial charge in [0.15, 0.2) is 0 Å². The maximum Gasteiger partial charge on any atom is 0.0601 e. The first-order valence-electron chi connectivity index (χ1n) is 5.73. The van der Waals surface area contributed by atoms with Crippen LogP contribution in [0.25, 0.3) is 0 Å². The summed E-state index contributed by atoms with van der Waals surface area (Å²) in [5.41, 5.74) is 0. The Balaban J connectivity index is 1.89. The Morgan fingerprint density at radius 3 is 2.21 bits per heavy atom. The van der Waals surface area contributed by atoms with Crippen LogP contribution in [0, 0.1) is 0 Å². The molecule has 0 aromatic rings. The molecule has 1 N–H and O–H groups in total.